The fourth-order valence-corrected chi connectivity index (χ4v) is 1.86. The molecule has 0 saturated carbocycles. The molecule has 0 aliphatic heterocycles. The second-order valence-corrected chi connectivity index (χ2v) is 4.83. The Balaban J connectivity index is 2.85. The summed E-state index contributed by atoms with van der Waals surface area (Å²) in [6.45, 7) is 3.50. The molecular formula is C14H13ClF3N. The summed E-state index contributed by atoms with van der Waals surface area (Å²) >= 11 is 5.74. The SMILES string of the molecule is C=CC(C#N)(CCC(F)(F)F)Cc1ccc(Cl)cc1. The van der Waals surface area contributed by atoms with Gasteiger partial charge < -0.3 is 0 Å². The number of alkyl halides is 3. The van der Waals surface area contributed by atoms with E-state index in [9.17, 15) is 18.4 Å². The molecule has 0 fully saturated rings. The molecule has 1 aromatic carbocycles. The van der Waals surface area contributed by atoms with E-state index in [0.29, 0.717) is 5.02 Å². The first-order valence-electron chi connectivity index (χ1n) is 5.66. The van der Waals surface area contributed by atoms with E-state index in [1.807, 2.05) is 6.07 Å². The van der Waals surface area contributed by atoms with E-state index in [1.54, 1.807) is 24.3 Å². The van der Waals surface area contributed by atoms with Gasteiger partial charge in [-0.2, -0.15) is 18.4 Å². The van der Waals surface area contributed by atoms with Crippen molar-refractivity contribution in [2.45, 2.75) is 25.4 Å². The van der Waals surface area contributed by atoms with Crippen LogP contribution in [-0.4, -0.2) is 6.18 Å². The van der Waals surface area contributed by atoms with Crippen LogP contribution in [0.3, 0.4) is 0 Å². The van der Waals surface area contributed by atoms with Crippen LogP contribution in [0.2, 0.25) is 5.02 Å². The van der Waals surface area contributed by atoms with Crippen LogP contribution in [0.25, 0.3) is 0 Å². The van der Waals surface area contributed by atoms with Crippen LogP contribution in [0.15, 0.2) is 36.9 Å². The Morgan fingerprint density at radius 1 is 1.21 bits per heavy atom. The van der Waals surface area contributed by atoms with Crippen LogP contribution < -0.4 is 0 Å². The molecule has 0 aliphatic rings. The minimum Gasteiger partial charge on any atom is -0.197 e. The lowest BCUT2D eigenvalue weighted by atomic mass is 9.79. The van der Waals surface area contributed by atoms with Gasteiger partial charge in [-0.1, -0.05) is 29.8 Å². The summed E-state index contributed by atoms with van der Waals surface area (Å²) in [6, 6.07) is 8.64. The molecule has 19 heavy (non-hydrogen) atoms. The van der Waals surface area contributed by atoms with Crippen molar-refractivity contribution < 1.29 is 13.2 Å². The van der Waals surface area contributed by atoms with Crippen LogP contribution in [0.5, 0.6) is 0 Å². The Hall–Kier alpha value is -1.47. The van der Waals surface area contributed by atoms with Gasteiger partial charge in [0, 0.05) is 11.4 Å². The van der Waals surface area contributed by atoms with Gasteiger partial charge in [0.05, 0.1) is 11.5 Å². The molecule has 1 unspecified atom stereocenters. The minimum absolute atomic E-state index is 0.195. The maximum Gasteiger partial charge on any atom is 0.389 e. The minimum atomic E-state index is -4.27. The number of allylic oxidation sites excluding steroid dienone is 1. The molecule has 0 aliphatic carbocycles. The summed E-state index contributed by atoms with van der Waals surface area (Å²) in [5, 5.41) is 9.72. The Morgan fingerprint density at radius 2 is 1.79 bits per heavy atom. The first-order chi connectivity index (χ1) is 8.80. The zero-order valence-corrected chi connectivity index (χ0v) is 10.9. The van der Waals surface area contributed by atoms with E-state index >= 15 is 0 Å². The van der Waals surface area contributed by atoms with Crippen molar-refractivity contribution in [2.75, 3.05) is 0 Å². The molecule has 0 saturated heterocycles. The van der Waals surface area contributed by atoms with Gasteiger partial charge in [-0.05, 0) is 30.5 Å². The van der Waals surface area contributed by atoms with Crippen LogP contribution >= 0.6 is 11.6 Å². The molecule has 5 heteroatoms. The van der Waals surface area contributed by atoms with E-state index < -0.39 is 18.0 Å². The largest absolute Gasteiger partial charge is 0.389 e. The van der Waals surface area contributed by atoms with Gasteiger partial charge in [-0.3, -0.25) is 0 Å². The molecule has 0 amide bonds. The van der Waals surface area contributed by atoms with Crippen molar-refractivity contribution >= 4 is 11.6 Å². The molecule has 0 N–H and O–H groups in total. The Labute approximate surface area is 115 Å². The topological polar surface area (TPSA) is 23.8 Å². The number of rotatable bonds is 5. The lowest BCUT2D eigenvalue weighted by Crippen LogP contribution is -2.22. The maximum absolute atomic E-state index is 12.3. The molecule has 0 radical (unpaired) electrons. The maximum atomic E-state index is 12.3. The van der Waals surface area contributed by atoms with Gasteiger partial charge in [0.1, 0.15) is 0 Å². The standard InChI is InChI=1S/C14H13ClF3N/c1-2-13(10-19,7-8-14(16,17)18)9-11-3-5-12(15)6-4-11/h2-6H,1,7-9H2. The highest BCUT2D eigenvalue weighted by Gasteiger charge is 2.34. The molecule has 0 spiro atoms. The van der Waals surface area contributed by atoms with Crippen molar-refractivity contribution in [1.82, 2.24) is 0 Å². The van der Waals surface area contributed by atoms with Gasteiger partial charge in [0.25, 0.3) is 0 Å². The van der Waals surface area contributed by atoms with E-state index in [2.05, 4.69) is 6.58 Å². The van der Waals surface area contributed by atoms with Crippen molar-refractivity contribution in [2.24, 2.45) is 5.41 Å². The normalized spacial score (nSPS) is 14.5. The summed E-state index contributed by atoms with van der Waals surface area (Å²) in [6.07, 6.45) is -4.07. The smallest absolute Gasteiger partial charge is 0.197 e. The number of nitrogens with zero attached hydrogens (tertiary/aromatic N) is 1. The third-order valence-corrected chi connectivity index (χ3v) is 3.15. The third kappa shape index (κ3) is 4.96. The monoisotopic (exact) mass is 287 g/mol. The van der Waals surface area contributed by atoms with Crippen molar-refractivity contribution in [3.63, 3.8) is 0 Å². The zero-order valence-electron chi connectivity index (χ0n) is 10.2. The van der Waals surface area contributed by atoms with Gasteiger partial charge in [0.15, 0.2) is 0 Å². The predicted molar refractivity (Wildman–Crippen MR) is 68.7 cm³/mol. The highest BCUT2D eigenvalue weighted by Crippen LogP contribution is 2.34. The highest BCUT2D eigenvalue weighted by atomic mass is 35.5. The quantitative estimate of drug-likeness (QED) is 0.705. The van der Waals surface area contributed by atoms with E-state index in [4.69, 9.17) is 11.6 Å². The first-order valence-corrected chi connectivity index (χ1v) is 6.04. The molecule has 1 rings (SSSR count). The summed E-state index contributed by atoms with van der Waals surface area (Å²) < 4.78 is 36.9. The first kappa shape index (κ1) is 15.6. The number of hydrogen-bond acceptors (Lipinski definition) is 1. The van der Waals surface area contributed by atoms with Gasteiger partial charge in [-0.15, -0.1) is 6.58 Å². The van der Waals surface area contributed by atoms with Crippen molar-refractivity contribution in [1.29, 1.82) is 5.26 Å². The molecular weight excluding hydrogens is 275 g/mol. The summed E-state index contributed by atoms with van der Waals surface area (Å²) in [7, 11) is 0. The lowest BCUT2D eigenvalue weighted by molar-refractivity contribution is -0.138. The van der Waals surface area contributed by atoms with Crippen LogP contribution in [0.4, 0.5) is 13.2 Å². The second kappa shape index (κ2) is 6.12. The fourth-order valence-electron chi connectivity index (χ4n) is 1.73. The van der Waals surface area contributed by atoms with Gasteiger partial charge in [-0.25, -0.2) is 0 Å². The Kier molecular flexibility index (Phi) is 5.02. The zero-order chi connectivity index (χ0) is 14.5. The Morgan fingerprint density at radius 3 is 2.21 bits per heavy atom. The second-order valence-electron chi connectivity index (χ2n) is 4.39. The predicted octanol–water partition coefficient (Wildman–Crippen LogP) is 4.92. The highest BCUT2D eigenvalue weighted by molar-refractivity contribution is 6.30. The molecule has 0 aromatic heterocycles. The summed E-state index contributed by atoms with van der Waals surface area (Å²) in [4.78, 5) is 0. The van der Waals surface area contributed by atoms with Gasteiger partial charge in [0.2, 0.25) is 0 Å². The number of nitriles is 1. The molecule has 1 aromatic rings. The molecule has 102 valence electrons. The van der Waals surface area contributed by atoms with E-state index in [-0.39, 0.29) is 12.8 Å². The summed E-state index contributed by atoms with van der Waals surface area (Å²) in [5.74, 6) is 0. The fraction of sp³-hybridized carbons (Fsp3) is 0.357. The van der Waals surface area contributed by atoms with Crippen LogP contribution in [-0.2, 0) is 6.42 Å². The number of hydrogen-bond donors (Lipinski definition) is 0. The number of benzene rings is 1. The van der Waals surface area contributed by atoms with Crippen molar-refractivity contribution in [3.05, 3.63) is 47.5 Å². The van der Waals surface area contributed by atoms with Crippen LogP contribution in [0, 0.1) is 16.7 Å². The lowest BCUT2D eigenvalue weighted by Gasteiger charge is -2.23. The third-order valence-electron chi connectivity index (χ3n) is 2.90. The van der Waals surface area contributed by atoms with Crippen LogP contribution in [0.1, 0.15) is 18.4 Å². The average Bonchev–Trinajstić information content (AvgIpc) is 2.36. The number of halogens is 4. The molecule has 1 atom stereocenters. The molecule has 0 bridgehead atoms. The van der Waals surface area contributed by atoms with E-state index in [1.165, 1.54) is 6.08 Å². The molecule has 0 heterocycles. The van der Waals surface area contributed by atoms with E-state index in [0.717, 1.165) is 5.56 Å². The molecule has 1 nitrogen and oxygen atoms in total. The van der Waals surface area contributed by atoms with Gasteiger partial charge >= 0.3 is 6.18 Å². The average molecular weight is 288 g/mol. The Bertz CT molecular complexity index is 473. The van der Waals surface area contributed by atoms with Crippen molar-refractivity contribution in [3.8, 4) is 6.07 Å². The summed E-state index contributed by atoms with van der Waals surface area (Å²) in [5.41, 5.74) is -0.448.